The molecule has 1 unspecified atom stereocenters. The van der Waals surface area contributed by atoms with E-state index in [2.05, 4.69) is 18.0 Å². The molecule has 2 heteroatoms. The molecule has 0 aliphatic carbocycles. The standard InChI is InChI=1S/C6H10N2.C2H6/c1-8-3-2-6(4-7)5-8;1-2/h6H,2-3,5H2,1H3;1-2H3. The number of likely N-dealkylation sites (tertiary alicyclic amines) is 1. The maximum absolute atomic E-state index is 8.41. The fourth-order valence-corrected chi connectivity index (χ4v) is 1.04. The van der Waals surface area contributed by atoms with E-state index < -0.39 is 0 Å². The third-order valence-corrected chi connectivity index (χ3v) is 1.57. The number of nitriles is 1. The first kappa shape index (κ1) is 9.45. The second kappa shape index (κ2) is 5.25. The van der Waals surface area contributed by atoms with E-state index in [1.165, 1.54) is 0 Å². The monoisotopic (exact) mass is 140 g/mol. The summed E-state index contributed by atoms with van der Waals surface area (Å²) in [6.45, 7) is 6.06. The van der Waals surface area contributed by atoms with Crippen LogP contribution in [0.3, 0.4) is 0 Å². The lowest BCUT2D eigenvalue weighted by Gasteiger charge is -2.02. The lowest BCUT2D eigenvalue weighted by Crippen LogP contribution is -2.13. The first-order chi connectivity index (χ1) is 4.83. The van der Waals surface area contributed by atoms with Gasteiger partial charge in [0.25, 0.3) is 0 Å². The van der Waals surface area contributed by atoms with E-state index in [4.69, 9.17) is 5.26 Å². The molecule has 0 spiro atoms. The molecule has 0 radical (unpaired) electrons. The van der Waals surface area contributed by atoms with Crippen molar-refractivity contribution in [2.45, 2.75) is 20.3 Å². The highest BCUT2D eigenvalue weighted by Gasteiger charge is 2.17. The quantitative estimate of drug-likeness (QED) is 0.509. The van der Waals surface area contributed by atoms with E-state index in [1.807, 2.05) is 13.8 Å². The zero-order valence-electron chi connectivity index (χ0n) is 7.09. The maximum Gasteiger partial charge on any atom is 0.0669 e. The summed E-state index contributed by atoms with van der Waals surface area (Å²) in [7, 11) is 2.05. The van der Waals surface area contributed by atoms with Crippen LogP contribution in [0, 0.1) is 17.2 Å². The first-order valence-corrected chi connectivity index (χ1v) is 3.91. The highest BCUT2D eigenvalue weighted by molar-refractivity contribution is 4.89. The van der Waals surface area contributed by atoms with Gasteiger partial charge < -0.3 is 4.90 Å². The van der Waals surface area contributed by atoms with Gasteiger partial charge in [0.2, 0.25) is 0 Å². The smallest absolute Gasteiger partial charge is 0.0669 e. The Balaban J connectivity index is 0.000000371. The van der Waals surface area contributed by atoms with Gasteiger partial charge in [0.1, 0.15) is 0 Å². The molecule has 2 nitrogen and oxygen atoms in total. The van der Waals surface area contributed by atoms with E-state index in [-0.39, 0.29) is 0 Å². The molecule has 1 saturated heterocycles. The molecule has 1 fully saturated rings. The van der Waals surface area contributed by atoms with E-state index in [0.29, 0.717) is 5.92 Å². The van der Waals surface area contributed by atoms with Crippen molar-refractivity contribution in [1.29, 1.82) is 5.26 Å². The van der Waals surface area contributed by atoms with Crippen LogP contribution in [0.1, 0.15) is 20.3 Å². The van der Waals surface area contributed by atoms with Gasteiger partial charge in [-0.3, -0.25) is 0 Å². The first-order valence-electron chi connectivity index (χ1n) is 3.91. The fraction of sp³-hybridized carbons (Fsp3) is 0.875. The van der Waals surface area contributed by atoms with Crippen LogP contribution in [0.4, 0.5) is 0 Å². The van der Waals surface area contributed by atoms with E-state index >= 15 is 0 Å². The molecule has 1 rings (SSSR count). The van der Waals surface area contributed by atoms with Crippen molar-refractivity contribution < 1.29 is 0 Å². The van der Waals surface area contributed by atoms with Crippen molar-refractivity contribution >= 4 is 0 Å². The zero-order valence-corrected chi connectivity index (χ0v) is 7.09. The second-order valence-corrected chi connectivity index (χ2v) is 2.38. The Morgan fingerprint density at radius 1 is 1.50 bits per heavy atom. The molecule has 0 N–H and O–H groups in total. The van der Waals surface area contributed by atoms with Crippen molar-refractivity contribution in [3.05, 3.63) is 0 Å². The summed E-state index contributed by atoms with van der Waals surface area (Å²) in [4.78, 5) is 2.19. The normalized spacial score (nSPS) is 24.8. The van der Waals surface area contributed by atoms with Crippen LogP contribution < -0.4 is 0 Å². The zero-order chi connectivity index (χ0) is 7.98. The molecule has 0 aromatic heterocycles. The summed E-state index contributed by atoms with van der Waals surface area (Å²) < 4.78 is 0. The van der Waals surface area contributed by atoms with Crippen LogP contribution >= 0.6 is 0 Å². The van der Waals surface area contributed by atoms with E-state index in [0.717, 1.165) is 19.5 Å². The predicted octanol–water partition coefficient (Wildman–Crippen LogP) is 1.49. The van der Waals surface area contributed by atoms with Gasteiger partial charge in [-0.1, -0.05) is 13.8 Å². The van der Waals surface area contributed by atoms with Crippen molar-refractivity contribution in [2.75, 3.05) is 20.1 Å². The van der Waals surface area contributed by atoms with Crippen LogP contribution in [-0.4, -0.2) is 25.0 Å². The molecule has 0 bridgehead atoms. The minimum Gasteiger partial charge on any atom is -0.305 e. The summed E-state index contributed by atoms with van der Waals surface area (Å²) in [5, 5.41) is 8.41. The average molecular weight is 140 g/mol. The number of hydrogen-bond donors (Lipinski definition) is 0. The van der Waals surface area contributed by atoms with Gasteiger partial charge in [-0.25, -0.2) is 0 Å². The largest absolute Gasteiger partial charge is 0.305 e. The topological polar surface area (TPSA) is 27.0 Å². The highest BCUT2D eigenvalue weighted by Crippen LogP contribution is 2.11. The molecule has 1 aliphatic rings. The third-order valence-electron chi connectivity index (χ3n) is 1.57. The Morgan fingerprint density at radius 3 is 2.30 bits per heavy atom. The molecule has 0 aromatic rings. The predicted molar refractivity (Wildman–Crippen MR) is 42.6 cm³/mol. The Labute approximate surface area is 63.4 Å². The highest BCUT2D eigenvalue weighted by atomic mass is 15.1. The fourth-order valence-electron chi connectivity index (χ4n) is 1.04. The van der Waals surface area contributed by atoms with Crippen LogP contribution in [-0.2, 0) is 0 Å². The summed E-state index contributed by atoms with van der Waals surface area (Å²) >= 11 is 0. The van der Waals surface area contributed by atoms with Gasteiger partial charge in [0.15, 0.2) is 0 Å². The summed E-state index contributed by atoms with van der Waals surface area (Å²) in [6.07, 6.45) is 1.06. The van der Waals surface area contributed by atoms with Crippen LogP contribution in [0.2, 0.25) is 0 Å². The Hall–Kier alpha value is -0.550. The second-order valence-electron chi connectivity index (χ2n) is 2.38. The van der Waals surface area contributed by atoms with Crippen LogP contribution in [0.5, 0.6) is 0 Å². The van der Waals surface area contributed by atoms with Gasteiger partial charge in [0, 0.05) is 6.54 Å². The Kier molecular flexibility index (Phi) is 4.96. The third kappa shape index (κ3) is 2.84. The summed E-state index contributed by atoms with van der Waals surface area (Å²) in [6, 6.07) is 2.25. The van der Waals surface area contributed by atoms with Crippen LogP contribution in [0.15, 0.2) is 0 Å². The minimum atomic E-state index is 0.306. The molecular weight excluding hydrogens is 124 g/mol. The van der Waals surface area contributed by atoms with Gasteiger partial charge >= 0.3 is 0 Å². The SMILES string of the molecule is CC.CN1CCC(C#N)C1. The Bertz CT molecular complexity index is 115. The number of hydrogen-bond acceptors (Lipinski definition) is 2. The van der Waals surface area contributed by atoms with E-state index in [9.17, 15) is 0 Å². The molecule has 0 saturated carbocycles. The van der Waals surface area contributed by atoms with Gasteiger partial charge in [-0.2, -0.15) is 5.26 Å². The molecule has 1 heterocycles. The minimum absolute atomic E-state index is 0.306. The molecule has 1 aliphatic heterocycles. The summed E-state index contributed by atoms with van der Waals surface area (Å²) in [5.74, 6) is 0.306. The average Bonchev–Trinajstić information content (AvgIpc) is 2.40. The lowest BCUT2D eigenvalue weighted by atomic mass is 10.1. The molecule has 10 heavy (non-hydrogen) atoms. The van der Waals surface area contributed by atoms with Gasteiger partial charge in [-0.15, -0.1) is 0 Å². The maximum atomic E-state index is 8.41. The van der Waals surface area contributed by atoms with Crippen molar-refractivity contribution in [3.63, 3.8) is 0 Å². The number of nitrogens with zero attached hydrogens (tertiary/aromatic N) is 2. The van der Waals surface area contributed by atoms with Crippen molar-refractivity contribution in [2.24, 2.45) is 5.92 Å². The Morgan fingerprint density at radius 2 is 2.10 bits per heavy atom. The number of rotatable bonds is 0. The molecule has 0 aromatic carbocycles. The molecule has 58 valence electrons. The van der Waals surface area contributed by atoms with Crippen LogP contribution in [0.25, 0.3) is 0 Å². The molecular formula is C8H16N2. The van der Waals surface area contributed by atoms with Crippen molar-refractivity contribution in [3.8, 4) is 6.07 Å². The van der Waals surface area contributed by atoms with Gasteiger partial charge in [0.05, 0.1) is 12.0 Å². The van der Waals surface area contributed by atoms with Crippen molar-refractivity contribution in [1.82, 2.24) is 4.90 Å². The molecule has 1 atom stereocenters. The van der Waals surface area contributed by atoms with Gasteiger partial charge in [-0.05, 0) is 20.0 Å². The summed E-state index contributed by atoms with van der Waals surface area (Å²) in [5.41, 5.74) is 0. The lowest BCUT2D eigenvalue weighted by molar-refractivity contribution is 0.409. The molecule has 0 amide bonds. The van der Waals surface area contributed by atoms with E-state index in [1.54, 1.807) is 0 Å².